The van der Waals surface area contributed by atoms with Crippen molar-refractivity contribution in [3.8, 4) is 12.3 Å². The van der Waals surface area contributed by atoms with E-state index in [-0.39, 0.29) is 0 Å². The van der Waals surface area contributed by atoms with Gasteiger partial charge in [-0.05, 0) is 5.92 Å². The lowest BCUT2D eigenvalue weighted by molar-refractivity contribution is -0.302. The molecule has 0 radical (unpaired) electrons. The summed E-state index contributed by atoms with van der Waals surface area (Å²) >= 11 is 0. The second-order valence-electron chi connectivity index (χ2n) is 1.26. The molecule has 0 fully saturated rings. The Kier molecular flexibility index (Phi) is 1.72. The topological polar surface area (TPSA) is 20.2 Å². The largest absolute Gasteiger partial charge is 0.429 e. The summed E-state index contributed by atoms with van der Waals surface area (Å²) in [5, 5.41) is 7.32. The first-order chi connectivity index (χ1) is 3.81. The van der Waals surface area contributed by atoms with E-state index < -0.39 is 12.0 Å². The smallest absolute Gasteiger partial charge is 0.331 e. The van der Waals surface area contributed by atoms with Crippen molar-refractivity contribution in [2.24, 2.45) is 0 Å². The minimum absolute atomic E-state index is 0.448. The van der Waals surface area contributed by atoms with Crippen molar-refractivity contribution in [3.05, 3.63) is 0 Å². The minimum Gasteiger partial charge on any atom is -0.331 e. The Balaban J connectivity index is 4.39. The third-order valence-corrected chi connectivity index (χ3v) is 0.559. The van der Waals surface area contributed by atoms with E-state index in [1.165, 1.54) is 0 Å². The van der Waals surface area contributed by atoms with E-state index >= 15 is 0 Å². The second kappa shape index (κ2) is 1.88. The predicted octanol–water partition coefficient (Wildman–Crippen LogP) is 0.840. The monoisotopic (exact) mass is 142 g/mol. The maximum atomic E-state index is 11.4. The fourth-order valence-corrected chi connectivity index (χ4v) is 0.0868. The molecule has 0 aromatic rings. The van der Waals surface area contributed by atoms with Crippen LogP contribution in [0, 0.1) is 12.3 Å². The lowest BCUT2D eigenvalue weighted by Gasteiger charge is -2.14. The van der Waals surface area contributed by atoms with Crippen LogP contribution in [0.1, 0.15) is 0 Å². The molecule has 0 aliphatic rings. The zero-order chi connectivity index (χ0) is 7.71. The average molecular weight is 142 g/mol. The maximum absolute atomic E-state index is 11.4. The number of rotatable bonds is 1. The SMILES string of the molecule is C#CC(F)(F)C(O)(F)F. The van der Waals surface area contributed by atoms with Crippen molar-refractivity contribution in [2.75, 3.05) is 0 Å². The summed E-state index contributed by atoms with van der Waals surface area (Å²) < 4.78 is 45.2. The van der Waals surface area contributed by atoms with Crippen LogP contribution in [-0.4, -0.2) is 17.1 Å². The van der Waals surface area contributed by atoms with Gasteiger partial charge in [0.05, 0.1) is 0 Å². The highest BCUT2D eigenvalue weighted by Gasteiger charge is 2.54. The van der Waals surface area contributed by atoms with Gasteiger partial charge in [-0.25, -0.2) is 0 Å². The summed E-state index contributed by atoms with van der Waals surface area (Å²) in [6, 6.07) is 0. The highest BCUT2D eigenvalue weighted by molar-refractivity contribution is 5.04. The van der Waals surface area contributed by atoms with Crippen LogP contribution in [-0.2, 0) is 0 Å². The quantitative estimate of drug-likeness (QED) is 0.425. The molecule has 0 aromatic heterocycles. The van der Waals surface area contributed by atoms with Gasteiger partial charge < -0.3 is 5.11 Å². The summed E-state index contributed by atoms with van der Waals surface area (Å²) in [5.41, 5.74) is 0. The van der Waals surface area contributed by atoms with Crippen molar-refractivity contribution < 1.29 is 22.7 Å². The molecule has 0 rings (SSSR count). The van der Waals surface area contributed by atoms with Crippen LogP contribution in [0.15, 0.2) is 0 Å². The van der Waals surface area contributed by atoms with Gasteiger partial charge >= 0.3 is 12.0 Å². The van der Waals surface area contributed by atoms with Crippen molar-refractivity contribution >= 4 is 0 Å². The van der Waals surface area contributed by atoms with Gasteiger partial charge in [-0.3, -0.25) is 0 Å². The second-order valence-corrected chi connectivity index (χ2v) is 1.26. The van der Waals surface area contributed by atoms with Gasteiger partial charge in [0.1, 0.15) is 0 Å². The zero-order valence-corrected chi connectivity index (χ0v) is 4.04. The summed E-state index contributed by atoms with van der Waals surface area (Å²) in [7, 11) is 0. The Labute approximate surface area is 48.3 Å². The zero-order valence-electron chi connectivity index (χ0n) is 4.04. The van der Waals surface area contributed by atoms with E-state index in [1.54, 1.807) is 0 Å². The molecule has 0 aliphatic heterocycles. The molecule has 1 N–H and O–H groups in total. The molecule has 0 bridgehead atoms. The molecule has 0 amide bonds. The van der Waals surface area contributed by atoms with Gasteiger partial charge in [0, 0.05) is 0 Å². The lowest BCUT2D eigenvalue weighted by atomic mass is 10.3. The molecule has 0 aliphatic carbocycles. The van der Waals surface area contributed by atoms with E-state index in [4.69, 9.17) is 5.11 Å². The summed E-state index contributed by atoms with van der Waals surface area (Å²) in [6.45, 7) is 0. The van der Waals surface area contributed by atoms with E-state index in [9.17, 15) is 17.6 Å². The standard InChI is InChI=1S/C4H2F4O/c1-2-3(5,6)4(7,8)9/h1,9H. The first-order valence-corrected chi connectivity index (χ1v) is 1.77. The molecule has 52 valence electrons. The van der Waals surface area contributed by atoms with Crippen molar-refractivity contribution in [3.63, 3.8) is 0 Å². The van der Waals surface area contributed by atoms with Gasteiger partial charge in [-0.1, -0.05) is 0 Å². The van der Waals surface area contributed by atoms with E-state index in [0.29, 0.717) is 5.92 Å². The van der Waals surface area contributed by atoms with Gasteiger partial charge in [0.25, 0.3) is 0 Å². The third kappa shape index (κ3) is 1.57. The molecule has 5 heteroatoms. The molecule has 0 saturated heterocycles. The van der Waals surface area contributed by atoms with Gasteiger partial charge in [0.2, 0.25) is 0 Å². The molecule has 0 spiro atoms. The van der Waals surface area contributed by atoms with E-state index in [2.05, 4.69) is 6.42 Å². The summed E-state index contributed by atoms with van der Waals surface area (Å²) in [5.74, 6) is -4.32. The molecular formula is C4H2F4O. The molecule has 0 aromatic carbocycles. The van der Waals surface area contributed by atoms with Crippen LogP contribution >= 0.6 is 0 Å². The maximum Gasteiger partial charge on any atom is 0.429 e. The lowest BCUT2D eigenvalue weighted by Crippen LogP contribution is -2.38. The number of aliphatic hydroxyl groups is 1. The van der Waals surface area contributed by atoms with Crippen LogP contribution in [0.25, 0.3) is 0 Å². The predicted molar refractivity (Wildman–Crippen MR) is 20.9 cm³/mol. The van der Waals surface area contributed by atoms with Crippen LogP contribution in [0.2, 0.25) is 0 Å². The molecule has 0 unspecified atom stereocenters. The van der Waals surface area contributed by atoms with E-state index in [1.807, 2.05) is 0 Å². The van der Waals surface area contributed by atoms with Crippen LogP contribution < -0.4 is 0 Å². The Morgan fingerprint density at radius 3 is 1.56 bits per heavy atom. The minimum atomic E-state index is -5.12. The van der Waals surface area contributed by atoms with Gasteiger partial charge in [-0.15, -0.1) is 6.42 Å². The summed E-state index contributed by atoms with van der Waals surface area (Å²) in [6.07, 6.45) is -1.17. The first kappa shape index (κ1) is 8.24. The third-order valence-electron chi connectivity index (χ3n) is 0.559. The first-order valence-electron chi connectivity index (χ1n) is 1.77. The van der Waals surface area contributed by atoms with Crippen molar-refractivity contribution in [2.45, 2.75) is 12.0 Å². The Bertz CT molecular complexity index is 140. The molecule has 9 heavy (non-hydrogen) atoms. The molecule has 0 heterocycles. The number of alkyl halides is 4. The fourth-order valence-electron chi connectivity index (χ4n) is 0.0868. The Morgan fingerprint density at radius 1 is 1.22 bits per heavy atom. The highest BCUT2D eigenvalue weighted by atomic mass is 19.3. The van der Waals surface area contributed by atoms with Crippen LogP contribution in [0.3, 0.4) is 0 Å². The van der Waals surface area contributed by atoms with Crippen LogP contribution in [0.5, 0.6) is 0 Å². The fraction of sp³-hybridized carbons (Fsp3) is 0.500. The van der Waals surface area contributed by atoms with Gasteiger partial charge in [-0.2, -0.15) is 17.6 Å². The highest BCUT2D eigenvalue weighted by Crippen LogP contribution is 2.30. The summed E-state index contributed by atoms with van der Waals surface area (Å²) in [4.78, 5) is 0. The Morgan fingerprint density at radius 2 is 1.56 bits per heavy atom. The number of hydrogen-bond donors (Lipinski definition) is 1. The molecule has 0 saturated carbocycles. The van der Waals surface area contributed by atoms with Gasteiger partial charge in [0.15, 0.2) is 0 Å². The molecular weight excluding hydrogens is 140 g/mol. The van der Waals surface area contributed by atoms with E-state index in [0.717, 1.165) is 0 Å². The number of terminal acetylenes is 1. The number of halogens is 4. The normalized spacial score (nSPS) is 12.9. The van der Waals surface area contributed by atoms with Crippen molar-refractivity contribution in [1.29, 1.82) is 0 Å². The molecule has 0 atom stereocenters. The average Bonchev–Trinajstić information content (AvgIpc) is 1.64. The Hall–Kier alpha value is -0.760. The van der Waals surface area contributed by atoms with Crippen LogP contribution in [0.4, 0.5) is 17.6 Å². The molecule has 1 nitrogen and oxygen atoms in total. The van der Waals surface area contributed by atoms with Crippen molar-refractivity contribution in [1.82, 2.24) is 0 Å². The number of hydrogen-bond acceptors (Lipinski definition) is 1.